The molecule has 0 saturated heterocycles. The van der Waals surface area contributed by atoms with Crippen molar-refractivity contribution in [2.75, 3.05) is 0 Å². The van der Waals surface area contributed by atoms with E-state index in [0.29, 0.717) is 14.3 Å². The first-order chi connectivity index (χ1) is 13.0. The van der Waals surface area contributed by atoms with Crippen LogP contribution in [0.5, 0.6) is 5.75 Å². The molecule has 0 saturated carbocycles. The highest BCUT2D eigenvalue weighted by Gasteiger charge is 2.32. The van der Waals surface area contributed by atoms with Crippen molar-refractivity contribution in [2.45, 2.75) is 83.5 Å². The molecule has 3 heteroatoms. The van der Waals surface area contributed by atoms with Gasteiger partial charge in [-0.2, -0.15) is 12.6 Å². The lowest BCUT2D eigenvalue weighted by atomic mass is 9.82. The lowest BCUT2D eigenvalue weighted by Gasteiger charge is -2.34. The zero-order valence-corrected chi connectivity index (χ0v) is 20.5. The second-order valence-electron chi connectivity index (χ2n) is 9.26. The Hall–Kier alpha value is -0.980. The normalized spacial score (nSPS) is 15.7. The Bertz CT molecular complexity index is 807. The number of benzene rings is 2. The molecule has 0 aromatic heterocycles. The average Bonchev–Trinajstić information content (AvgIpc) is 2.61. The number of phenolic OH excluding ortho intramolecular Hbond substituents is 1. The SMILES string of the molecule is CCCCC(C)(Pc1ccccc1C(C)S)c1cc(C(C)(C)C)cc(C)c1O. The number of thiol groups is 1. The van der Waals surface area contributed by atoms with Gasteiger partial charge in [0.1, 0.15) is 5.75 Å². The van der Waals surface area contributed by atoms with Crippen molar-refractivity contribution in [1.82, 2.24) is 0 Å². The summed E-state index contributed by atoms with van der Waals surface area (Å²) in [4.78, 5) is 0. The largest absolute Gasteiger partial charge is 0.507 e. The van der Waals surface area contributed by atoms with E-state index in [2.05, 4.69) is 77.9 Å². The molecule has 0 heterocycles. The molecule has 0 radical (unpaired) electrons. The summed E-state index contributed by atoms with van der Waals surface area (Å²) in [5, 5.41) is 12.5. The van der Waals surface area contributed by atoms with Crippen molar-refractivity contribution in [3.05, 3.63) is 58.7 Å². The third-order valence-corrected chi connectivity index (χ3v) is 7.69. The van der Waals surface area contributed by atoms with E-state index in [-0.39, 0.29) is 15.8 Å². The van der Waals surface area contributed by atoms with Crippen LogP contribution in [0, 0.1) is 6.92 Å². The van der Waals surface area contributed by atoms with Gasteiger partial charge in [-0.25, -0.2) is 0 Å². The molecular formula is C25H37OPS. The number of aromatic hydroxyl groups is 1. The number of unbranched alkanes of at least 4 members (excludes halogenated alkanes) is 1. The first kappa shape index (κ1) is 23.3. The summed E-state index contributed by atoms with van der Waals surface area (Å²) < 4.78 is 0. The second kappa shape index (κ2) is 9.23. The van der Waals surface area contributed by atoms with Crippen LogP contribution in [0.3, 0.4) is 0 Å². The van der Waals surface area contributed by atoms with Crippen LogP contribution in [0.1, 0.15) is 88.3 Å². The molecule has 2 aromatic rings. The van der Waals surface area contributed by atoms with E-state index >= 15 is 0 Å². The van der Waals surface area contributed by atoms with E-state index in [1.54, 1.807) is 0 Å². The van der Waals surface area contributed by atoms with Gasteiger partial charge in [-0.15, -0.1) is 0 Å². The molecule has 3 unspecified atom stereocenters. The molecule has 0 bridgehead atoms. The van der Waals surface area contributed by atoms with Crippen molar-refractivity contribution in [3.8, 4) is 5.75 Å². The van der Waals surface area contributed by atoms with Gasteiger partial charge in [0.05, 0.1) is 0 Å². The monoisotopic (exact) mass is 416 g/mol. The van der Waals surface area contributed by atoms with E-state index in [1.807, 2.05) is 6.92 Å². The van der Waals surface area contributed by atoms with Crippen molar-refractivity contribution in [3.63, 3.8) is 0 Å². The molecule has 154 valence electrons. The molecule has 0 amide bonds. The van der Waals surface area contributed by atoms with Gasteiger partial charge in [-0.1, -0.05) is 92.4 Å². The van der Waals surface area contributed by atoms with Gasteiger partial charge < -0.3 is 5.11 Å². The molecule has 0 spiro atoms. The predicted octanol–water partition coefficient (Wildman–Crippen LogP) is 7.40. The van der Waals surface area contributed by atoms with Gasteiger partial charge in [0.15, 0.2) is 0 Å². The Morgan fingerprint density at radius 2 is 1.75 bits per heavy atom. The molecule has 1 N–H and O–H groups in total. The zero-order valence-electron chi connectivity index (χ0n) is 18.6. The van der Waals surface area contributed by atoms with Gasteiger partial charge in [-0.3, -0.25) is 0 Å². The van der Waals surface area contributed by atoms with Gasteiger partial charge in [-0.05, 0) is 47.7 Å². The molecule has 0 aliphatic carbocycles. The van der Waals surface area contributed by atoms with Crippen molar-refractivity contribution in [2.24, 2.45) is 0 Å². The Balaban J connectivity index is 2.62. The smallest absolute Gasteiger partial charge is 0.122 e. The van der Waals surface area contributed by atoms with Crippen LogP contribution >= 0.6 is 21.2 Å². The Kier molecular flexibility index (Phi) is 7.68. The summed E-state index contributed by atoms with van der Waals surface area (Å²) >= 11 is 4.71. The number of phenols is 1. The fraction of sp³-hybridized carbons (Fsp3) is 0.520. The Morgan fingerprint density at radius 3 is 2.32 bits per heavy atom. The molecule has 0 fully saturated rings. The minimum atomic E-state index is -0.0924. The molecule has 2 rings (SSSR count). The van der Waals surface area contributed by atoms with E-state index in [1.165, 1.54) is 16.4 Å². The first-order valence-corrected chi connectivity index (χ1v) is 11.9. The summed E-state index contributed by atoms with van der Waals surface area (Å²) in [6.07, 6.45) is 3.38. The van der Waals surface area contributed by atoms with Gasteiger partial charge >= 0.3 is 0 Å². The van der Waals surface area contributed by atoms with Crippen LogP contribution in [0.25, 0.3) is 0 Å². The molecule has 2 aromatic carbocycles. The number of hydrogen-bond acceptors (Lipinski definition) is 2. The second-order valence-corrected chi connectivity index (χ2v) is 11.9. The third-order valence-electron chi connectivity index (χ3n) is 5.61. The predicted molar refractivity (Wildman–Crippen MR) is 130 cm³/mol. The maximum Gasteiger partial charge on any atom is 0.122 e. The van der Waals surface area contributed by atoms with E-state index in [4.69, 9.17) is 12.6 Å². The van der Waals surface area contributed by atoms with Gasteiger partial charge in [0.25, 0.3) is 0 Å². The number of aryl methyl sites for hydroxylation is 1. The molecular weight excluding hydrogens is 379 g/mol. The van der Waals surface area contributed by atoms with Crippen molar-refractivity contribution < 1.29 is 5.11 Å². The number of rotatable bonds is 7. The summed E-state index contributed by atoms with van der Waals surface area (Å²) in [5.41, 5.74) is 4.73. The molecule has 1 nitrogen and oxygen atoms in total. The van der Waals surface area contributed by atoms with Crippen LogP contribution in [0.15, 0.2) is 36.4 Å². The Labute approximate surface area is 179 Å². The fourth-order valence-electron chi connectivity index (χ4n) is 3.70. The first-order valence-electron chi connectivity index (χ1n) is 10.4. The minimum absolute atomic E-state index is 0.0551. The maximum absolute atomic E-state index is 11.1. The van der Waals surface area contributed by atoms with Crippen LogP contribution in [-0.4, -0.2) is 5.11 Å². The quantitative estimate of drug-likeness (QED) is 0.356. The van der Waals surface area contributed by atoms with E-state index < -0.39 is 0 Å². The zero-order chi connectivity index (χ0) is 21.1. The van der Waals surface area contributed by atoms with E-state index in [9.17, 15) is 5.11 Å². The lowest BCUT2D eigenvalue weighted by molar-refractivity contribution is 0.445. The highest BCUT2D eigenvalue weighted by molar-refractivity contribution is 7.80. The van der Waals surface area contributed by atoms with Crippen molar-refractivity contribution >= 4 is 26.5 Å². The summed E-state index contributed by atoms with van der Waals surface area (Å²) in [5.74, 6) is 0.468. The maximum atomic E-state index is 11.1. The van der Waals surface area contributed by atoms with Crippen LogP contribution in [0.2, 0.25) is 0 Å². The summed E-state index contributed by atoms with van der Waals surface area (Å²) in [7, 11) is 0.591. The molecule has 0 aliphatic heterocycles. The lowest BCUT2D eigenvalue weighted by Crippen LogP contribution is -2.23. The van der Waals surface area contributed by atoms with Crippen LogP contribution < -0.4 is 5.30 Å². The fourth-order valence-corrected chi connectivity index (χ4v) is 5.89. The van der Waals surface area contributed by atoms with Crippen LogP contribution in [0.4, 0.5) is 0 Å². The van der Waals surface area contributed by atoms with E-state index in [0.717, 1.165) is 30.4 Å². The Morgan fingerprint density at radius 1 is 1.11 bits per heavy atom. The minimum Gasteiger partial charge on any atom is -0.507 e. The standard InChI is InChI=1S/C25H37OPS/c1-8-9-14-25(7,27-22-13-11-10-12-20(22)18(3)28)21-16-19(24(4,5)6)15-17(2)23(21)26/h10-13,15-16,18,26-28H,8-9,14H2,1-7H3. The van der Waals surface area contributed by atoms with Crippen LogP contribution in [-0.2, 0) is 10.6 Å². The topological polar surface area (TPSA) is 20.2 Å². The molecule has 28 heavy (non-hydrogen) atoms. The number of hydrogen-bond donors (Lipinski definition) is 2. The third kappa shape index (κ3) is 5.33. The summed E-state index contributed by atoms with van der Waals surface area (Å²) in [6.45, 7) is 15.5. The summed E-state index contributed by atoms with van der Waals surface area (Å²) in [6, 6.07) is 13.1. The highest BCUT2D eigenvalue weighted by Crippen LogP contribution is 2.50. The van der Waals surface area contributed by atoms with Crippen molar-refractivity contribution in [1.29, 1.82) is 0 Å². The molecule has 0 aliphatic rings. The van der Waals surface area contributed by atoms with Gasteiger partial charge in [0, 0.05) is 16.0 Å². The highest BCUT2D eigenvalue weighted by atomic mass is 32.1. The van der Waals surface area contributed by atoms with Gasteiger partial charge in [0.2, 0.25) is 0 Å². The molecule has 3 atom stereocenters. The average molecular weight is 417 g/mol.